The fourth-order valence-electron chi connectivity index (χ4n) is 2.30. The molecule has 1 aromatic rings. The molecule has 1 rings (SSSR count). The summed E-state index contributed by atoms with van der Waals surface area (Å²) in [5.41, 5.74) is 1.26. The van der Waals surface area contributed by atoms with Crippen LogP contribution in [-0.2, 0) is 9.16 Å². The van der Waals surface area contributed by atoms with Crippen LogP contribution in [0.4, 0.5) is 10.5 Å². The summed E-state index contributed by atoms with van der Waals surface area (Å²) in [4.78, 5) is 12.7. The molecule has 0 radical (unpaired) electrons. The van der Waals surface area contributed by atoms with Gasteiger partial charge in [-0.15, -0.1) is 0 Å². The highest BCUT2D eigenvalue weighted by molar-refractivity contribution is 6.82. The second-order valence-electron chi connectivity index (χ2n) is 9.17. The van der Waals surface area contributed by atoms with Gasteiger partial charge in [-0.2, -0.15) is 0 Å². The Morgan fingerprint density at radius 1 is 1.00 bits per heavy atom. The van der Waals surface area contributed by atoms with E-state index in [0.717, 1.165) is 11.3 Å². The number of hydrogen-bond acceptors (Lipinski definition) is 3. The molecule has 0 spiro atoms. The van der Waals surface area contributed by atoms with Crippen molar-refractivity contribution in [2.24, 2.45) is 0 Å². The molecule has 1 aromatic carbocycles. The van der Waals surface area contributed by atoms with Crippen molar-refractivity contribution in [2.75, 3.05) is 4.57 Å². The van der Waals surface area contributed by atoms with Crippen LogP contribution in [0.15, 0.2) is 30.8 Å². The van der Waals surface area contributed by atoms with E-state index in [4.69, 9.17) is 9.16 Å². The van der Waals surface area contributed by atoms with Gasteiger partial charge in [0.15, 0.2) is 8.24 Å². The van der Waals surface area contributed by atoms with Gasteiger partial charge in [-0.05, 0) is 64.7 Å². The third kappa shape index (κ3) is 7.08. The SMILES string of the molecule is C=C(O[Si](C)(C)C)c1ccc(N(C(=O)OC(C)(C)C)[Si](C)(C)C)cc1. The molecule has 1 amide bonds. The zero-order chi connectivity index (χ0) is 19.6. The summed E-state index contributed by atoms with van der Waals surface area (Å²) in [5, 5.41) is 0. The van der Waals surface area contributed by atoms with Crippen molar-refractivity contribution in [2.45, 2.75) is 65.7 Å². The Morgan fingerprint density at radius 3 is 1.84 bits per heavy atom. The van der Waals surface area contributed by atoms with Crippen LogP contribution >= 0.6 is 0 Å². The molecule has 0 aliphatic carbocycles. The van der Waals surface area contributed by atoms with Gasteiger partial charge >= 0.3 is 6.09 Å². The maximum absolute atomic E-state index is 12.7. The van der Waals surface area contributed by atoms with Gasteiger partial charge in [-0.1, -0.05) is 26.2 Å². The first-order valence-corrected chi connectivity index (χ1v) is 15.5. The average molecular weight is 380 g/mol. The minimum Gasteiger partial charge on any atom is -0.544 e. The van der Waals surface area contributed by atoms with Gasteiger partial charge < -0.3 is 13.7 Å². The summed E-state index contributed by atoms with van der Waals surface area (Å²) in [6, 6.07) is 7.79. The molecule has 140 valence electrons. The van der Waals surface area contributed by atoms with Crippen molar-refractivity contribution in [3.8, 4) is 0 Å². The maximum atomic E-state index is 12.7. The molecule has 0 aliphatic heterocycles. The molecule has 25 heavy (non-hydrogen) atoms. The van der Waals surface area contributed by atoms with Crippen molar-refractivity contribution in [1.29, 1.82) is 0 Å². The number of ether oxygens (including phenoxy) is 1. The number of rotatable bonds is 5. The summed E-state index contributed by atoms with van der Waals surface area (Å²) in [5.74, 6) is 0.683. The largest absolute Gasteiger partial charge is 0.544 e. The summed E-state index contributed by atoms with van der Waals surface area (Å²) >= 11 is 0. The topological polar surface area (TPSA) is 38.8 Å². The highest BCUT2D eigenvalue weighted by atomic mass is 28.4. The number of carbonyl (C=O) groups excluding carboxylic acids is 1. The minimum absolute atomic E-state index is 0.295. The van der Waals surface area contributed by atoms with Gasteiger partial charge in [-0.25, -0.2) is 4.79 Å². The van der Waals surface area contributed by atoms with E-state index < -0.39 is 22.2 Å². The lowest BCUT2D eigenvalue weighted by atomic mass is 10.2. The van der Waals surface area contributed by atoms with Crippen molar-refractivity contribution in [3.05, 3.63) is 36.4 Å². The zero-order valence-electron chi connectivity index (χ0n) is 17.2. The van der Waals surface area contributed by atoms with Crippen LogP contribution in [0.2, 0.25) is 39.3 Å². The van der Waals surface area contributed by atoms with Gasteiger partial charge in [0.1, 0.15) is 11.4 Å². The number of anilines is 1. The normalized spacial score (nSPS) is 12.5. The second kappa shape index (κ2) is 7.37. The van der Waals surface area contributed by atoms with E-state index in [1.54, 1.807) is 0 Å². The molecule has 0 saturated heterocycles. The fraction of sp³-hybridized carbons (Fsp3) is 0.526. The predicted molar refractivity (Wildman–Crippen MR) is 112 cm³/mol. The summed E-state index contributed by atoms with van der Waals surface area (Å²) in [6.07, 6.45) is -0.295. The van der Waals surface area contributed by atoms with Gasteiger partial charge in [0.25, 0.3) is 0 Å². The Morgan fingerprint density at radius 2 is 1.48 bits per heavy atom. The average Bonchev–Trinajstić information content (AvgIpc) is 2.33. The molecular weight excluding hydrogens is 346 g/mol. The van der Waals surface area contributed by atoms with Gasteiger partial charge in [0.05, 0.1) is 0 Å². The number of benzene rings is 1. The van der Waals surface area contributed by atoms with Crippen molar-refractivity contribution in [1.82, 2.24) is 0 Å². The van der Waals surface area contributed by atoms with Crippen molar-refractivity contribution >= 4 is 34.1 Å². The Balaban J connectivity index is 3.10. The molecule has 0 aromatic heterocycles. The van der Waals surface area contributed by atoms with Gasteiger partial charge in [0, 0.05) is 11.3 Å². The molecule has 0 bridgehead atoms. The first-order valence-electron chi connectivity index (χ1n) is 8.62. The molecule has 0 atom stereocenters. The van der Waals surface area contributed by atoms with Crippen LogP contribution in [0.5, 0.6) is 0 Å². The monoisotopic (exact) mass is 379 g/mol. The van der Waals surface area contributed by atoms with Crippen molar-refractivity contribution < 1.29 is 14.0 Å². The van der Waals surface area contributed by atoms with Crippen LogP contribution < -0.4 is 4.57 Å². The van der Waals surface area contributed by atoms with E-state index in [1.165, 1.54) is 0 Å². The van der Waals surface area contributed by atoms with Crippen molar-refractivity contribution in [3.63, 3.8) is 0 Å². The molecule has 4 nitrogen and oxygen atoms in total. The summed E-state index contributed by atoms with van der Waals surface area (Å²) in [6.45, 7) is 22.4. The van der Waals surface area contributed by atoms with Crippen LogP contribution in [0.25, 0.3) is 5.76 Å². The number of hydrogen-bond donors (Lipinski definition) is 0. The molecule has 0 unspecified atom stereocenters. The number of carbonyl (C=O) groups is 1. The van der Waals surface area contributed by atoms with E-state index in [9.17, 15) is 4.79 Å². The Labute approximate surface area is 155 Å². The van der Waals surface area contributed by atoms with E-state index in [2.05, 4.69) is 45.9 Å². The summed E-state index contributed by atoms with van der Waals surface area (Å²) < 4.78 is 13.4. The third-order valence-electron chi connectivity index (χ3n) is 3.12. The number of nitrogens with zero attached hydrogens (tertiary/aromatic N) is 1. The molecule has 6 heteroatoms. The first kappa shape index (κ1) is 21.5. The van der Waals surface area contributed by atoms with E-state index in [1.807, 2.05) is 49.6 Å². The lowest BCUT2D eigenvalue weighted by Crippen LogP contribution is -2.51. The third-order valence-corrected chi connectivity index (χ3v) is 5.76. The molecule has 0 heterocycles. The smallest absolute Gasteiger partial charge is 0.406 e. The van der Waals surface area contributed by atoms with Crippen LogP contribution in [0.1, 0.15) is 26.3 Å². The van der Waals surface area contributed by atoms with Crippen LogP contribution in [0.3, 0.4) is 0 Å². The minimum atomic E-state index is -1.96. The van der Waals surface area contributed by atoms with Crippen LogP contribution in [-0.4, -0.2) is 28.2 Å². The Hall–Kier alpha value is -1.54. The van der Waals surface area contributed by atoms with Gasteiger partial charge in [-0.3, -0.25) is 0 Å². The maximum Gasteiger partial charge on any atom is 0.406 e. The first-order chi connectivity index (χ1) is 11.1. The predicted octanol–water partition coefficient (Wildman–Crippen LogP) is 6.09. The zero-order valence-corrected chi connectivity index (χ0v) is 19.2. The standard InChI is InChI=1S/C19H33NO3Si2/c1-15(23-25(8,9)10)16-11-13-17(14-12-16)20(24(5,6)7)18(21)22-19(2,3)4/h11-14H,1H2,2-10H3. The van der Waals surface area contributed by atoms with E-state index >= 15 is 0 Å². The fourth-order valence-corrected chi connectivity index (χ4v) is 4.67. The lowest BCUT2D eigenvalue weighted by Gasteiger charge is -2.35. The van der Waals surface area contributed by atoms with E-state index in [-0.39, 0.29) is 6.09 Å². The molecule has 0 aliphatic rings. The molecule has 0 fully saturated rings. The molecular formula is C19H33NO3Si2. The lowest BCUT2D eigenvalue weighted by molar-refractivity contribution is 0.0605. The highest BCUT2D eigenvalue weighted by Crippen LogP contribution is 2.27. The number of amides is 1. The molecule has 0 N–H and O–H groups in total. The molecule has 0 saturated carbocycles. The van der Waals surface area contributed by atoms with E-state index in [0.29, 0.717) is 5.76 Å². The Bertz CT molecular complexity index is 620. The van der Waals surface area contributed by atoms with Crippen LogP contribution in [0, 0.1) is 0 Å². The summed E-state index contributed by atoms with van der Waals surface area (Å²) in [7, 11) is -3.65. The highest BCUT2D eigenvalue weighted by Gasteiger charge is 2.33. The Kier molecular flexibility index (Phi) is 6.34. The quantitative estimate of drug-likeness (QED) is 0.459. The van der Waals surface area contributed by atoms with Gasteiger partial charge in [0.2, 0.25) is 8.32 Å². The second-order valence-corrected chi connectivity index (χ2v) is 18.4.